The summed E-state index contributed by atoms with van der Waals surface area (Å²) in [7, 11) is 0. The van der Waals surface area contributed by atoms with Crippen LogP contribution in [0, 0.1) is 0 Å². The smallest absolute Gasteiger partial charge is 0.320 e. The minimum absolute atomic E-state index is 0.0764. The molecule has 0 amide bonds. The van der Waals surface area contributed by atoms with E-state index in [1.165, 1.54) is 0 Å². The maximum atomic E-state index is 10.5. The molecule has 0 aromatic carbocycles. The number of rotatable bonds is 8. The Balaban J connectivity index is 2.99. The fourth-order valence-electron chi connectivity index (χ4n) is 0.697. The van der Waals surface area contributed by atoms with E-state index in [0.29, 0.717) is 19.8 Å². The largest absolute Gasteiger partial charge is 0.465 e. The van der Waals surface area contributed by atoms with Gasteiger partial charge in [-0.1, -0.05) is 6.08 Å². The highest BCUT2D eigenvalue weighted by Crippen LogP contribution is 1.92. The van der Waals surface area contributed by atoms with Crippen molar-refractivity contribution in [1.29, 1.82) is 0 Å². The quantitative estimate of drug-likeness (QED) is 0.263. The van der Waals surface area contributed by atoms with Gasteiger partial charge in [0.1, 0.15) is 5.88 Å². The molecule has 13 heavy (non-hydrogen) atoms. The van der Waals surface area contributed by atoms with Gasteiger partial charge in [0.25, 0.3) is 0 Å². The predicted octanol–water partition coefficient (Wildman–Crippen LogP) is 1.75. The van der Waals surface area contributed by atoms with Gasteiger partial charge in [0.05, 0.1) is 13.2 Å². The molecule has 0 atom stereocenters. The Kier molecular flexibility index (Phi) is 9.15. The summed E-state index contributed by atoms with van der Waals surface area (Å²) in [5.74, 6) is -0.443. The molecular formula is C9H15ClO3. The number of unbranched alkanes of at least 4 members (excludes halogenated alkanes) is 1. The second-order valence-corrected chi connectivity index (χ2v) is 2.69. The molecule has 0 fully saturated rings. The number of alkyl halides is 1. The van der Waals surface area contributed by atoms with Crippen molar-refractivity contribution in [3.05, 3.63) is 12.7 Å². The molecule has 0 saturated carbocycles. The van der Waals surface area contributed by atoms with Gasteiger partial charge < -0.3 is 9.47 Å². The minimum atomic E-state index is -0.367. The third kappa shape index (κ3) is 9.37. The van der Waals surface area contributed by atoms with Crippen LogP contribution in [0.1, 0.15) is 12.8 Å². The summed E-state index contributed by atoms with van der Waals surface area (Å²) in [4.78, 5) is 10.5. The van der Waals surface area contributed by atoms with Crippen molar-refractivity contribution in [3.8, 4) is 0 Å². The van der Waals surface area contributed by atoms with Crippen LogP contribution in [0.5, 0.6) is 0 Å². The molecule has 4 heteroatoms. The van der Waals surface area contributed by atoms with E-state index < -0.39 is 0 Å². The first-order valence-electron chi connectivity index (χ1n) is 4.21. The van der Waals surface area contributed by atoms with Crippen LogP contribution in [0.15, 0.2) is 12.7 Å². The van der Waals surface area contributed by atoms with Crippen LogP contribution in [0.2, 0.25) is 0 Å². The van der Waals surface area contributed by atoms with Gasteiger partial charge in [0.2, 0.25) is 0 Å². The third-order valence-corrected chi connectivity index (χ3v) is 1.51. The standard InChI is InChI=1S/C9H15ClO3/c1-2-5-12-6-3-4-7-13-9(11)8-10/h2H,1,3-8H2. The highest BCUT2D eigenvalue weighted by atomic mass is 35.5. The molecule has 0 unspecified atom stereocenters. The zero-order valence-electron chi connectivity index (χ0n) is 7.63. The third-order valence-electron chi connectivity index (χ3n) is 1.29. The van der Waals surface area contributed by atoms with Gasteiger partial charge >= 0.3 is 5.97 Å². The van der Waals surface area contributed by atoms with Crippen molar-refractivity contribution in [3.63, 3.8) is 0 Å². The minimum Gasteiger partial charge on any atom is -0.465 e. The van der Waals surface area contributed by atoms with Gasteiger partial charge in [-0.15, -0.1) is 18.2 Å². The summed E-state index contributed by atoms with van der Waals surface area (Å²) in [5.41, 5.74) is 0. The van der Waals surface area contributed by atoms with E-state index in [4.69, 9.17) is 21.1 Å². The van der Waals surface area contributed by atoms with Gasteiger partial charge in [0, 0.05) is 6.61 Å². The number of carbonyl (C=O) groups is 1. The van der Waals surface area contributed by atoms with Crippen LogP contribution in [-0.2, 0) is 14.3 Å². The molecule has 0 N–H and O–H groups in total. The molecule has 0 spiro atoms. The SMILES string of the molecule is C=CCOCCCCOC(=O)CCl. The summed E-state index contributed by atoms with van der Waals surface area (Å²) in [5, 5.41) is 0. The molecule has 0 aliphatic heterocycles. The van der Waals surface area contributed by atoms with Gasteiger partial charge in [-0.3, -0.25) is 4.79 Å². The topological polar surface area (TPSA) is 35.5 Å². The normalized spacial score (nSPS) is 9.62. The molecule has 3 nitrogen and oxygen atoms in total. The summed E-state index contributed by atoms with van der Waals surface area (Å²) in [6, 6.07) is 0. The maximum Gasteiger partial charge on any atom is 0.320 e. The van der Waals surface area contributed by atoms with Crippen LogP contribution < -0.4 is 0 Å². The molecule has 0 aromatic rings. The molecule has 0 saturated heterocycles. The first-order chi connectivity index (χ1) is 6.31. The number of ether oxygens (including phenoxy) is 2. The Labute approximate surface area is 83.7 Å². The second kappa shape index (κ2) is 9.55. The van der Waals surface area contributed by atoms with E-state index in [2.05, 4.69) is 6.58 Å². The molecule has 0 radical (unpaired) electrons. The summed E-state index contributed by atoms with van der Waals surface area (Å²) in [6.07, 6.45) is 3.39. The second-order valence-electron chi connectivity index (χ2n) is 2.42. The summed E-state index contributed by atoms with van der Waals surface area (Å²) >= 11 is 5.22. The molecule has 0 aliphatic carbocycles. The zero-order chi connectivity index (χ0) is 9.94. The van der Waals surface area contributed by atoms with E-state index in [9.17, 15) is 4.79 Å². The monoisotopic (exact) mass is 206 g/mol. The van der Waals surface area contributed by atoms with Crippen molar-refractivity contribution < 1.29 is 14.3 Å². The fraction of sp³-hybridized carbons (Fsp3) is 0.667. The van der Waals surface area contributed by atoms with Crippen molar-refractivity contribution in [2.45, 2.75) is 12.8 Å². The average Bonchev–Trinajstić information content (AvgIpc) is 2.16. The van der Waals surface area contributed by atoms with Crippen LogP contribution in [0.3, 0.4) is 0 Å². The van der Waals surface area contributed by atoms with Gasteiger partial charge in [0.15, 0.2) is 0 Å². The van der Waals surface area contributed by atoms with E-state index in [0.717, 1.165) is 12.8 Å². The Morgan fingerprint density at radius 3 is 2.69 bits per heavy atom. The molecule has 0 aliphatic rings. The van der Waals surface area contributed by atoms with Crippen molar-refractivity contribution in [1.82, 2.24) is 0 Å². The Bertz CT molecular complexity index is 148. The van der Waals surface area contributed by atoms with E-state index in [1.54, 1.807) is 6.08 Å². The molecule has 0 heterocycles. The first kappa shape index (κ1) is 12.5. The summed E-state index contributed by atoms with van der Waals surface area (Å²) < 4.78 is 9.88. The van der Waals surface area contributed by atoms with E-state index in [-0.39, 0.29) is 11.8 Å². The lowest BCUT2D eigenvalue weighted by molar-refractivity contribution is -0.140. The molecule has 0 aromatic heterocycles. The lowest BCUT2D eigenvalue weighted by Gasteiger charge is -2.02. The van der Waals surface area contributed by atoms with Crippen LogP contribution in [-0.4, -0.2) is 31.7 Å². The molecule has 76 valence electrons. The van der Waals surface area contributed by atoms with Crippen LogP contribution >= 0.6 is 11.6 Å². The van der Waals surface area contributed by atoms with Crippen molar-refractivity contribution in [2.24, 2.45) is 0 Å². The van der Waals surface area contributed by atoms with Crippen molar-refractivity contribution in [2.75, 3.05) is 25.7 Å². The van der Waals surface area contributed by atoms with Gasteiger partial charge in [-0.25, -0.2) is 0 Å². The Morgan fingerprint density at radius 1 is 1.38 bits per heavy atom. The lowest BCUT2D eigenvalue weighted by Crippen LogP contribution is -2.07. The average molecular weight is 207 g/mol. The van der Waals surface area contributed by atoms with Gasteiger partial charge in [-0.2, -0.15) is 0 Å². The number of hydrogen-bond acceptors (Lipinski definition) is 3. The molecular weight excluding hydrogens is 192 g/mol. The van der Waals surface area contributed by atoms with Crippen molar-refractivity contribution >= 4 is 17.6 Å². The summed E-state index contributed by atoms with van der Waals surface area (Å²) in [6.45, 7) is 5.18. The van der Waals surface area contributed by atoms with Crippen LogP contribution in [0.4, 0.5) is 0 Å². The fourth-order valence-corrected chi connectivity index (χ4v) is 0.775. The number of hydrogen-bond donors (Lipinski definition) is 0. The first-order valence-corrected chi connectivity index (χ1v) is 4.75. The number of carbonyl (C=O) groups excluding carboxylic acids is 1. The predicted molar refractivity (Wildman–Crippen MR) is 51.9 cm³/mol. The Hall–Kier alpha value is -0.540. The highest BCUT2D eigenvalue weighted by molar-refractivity contribution is 6.26. The number of halogens is 1. The Morgan fingerprint density at radius 2 is 2.08 bits per heavy atom. The highest BCUT2D eigenvalue weighted by Gasteiger charge is 1.97. The molecule has 0 bridgehead atoms. The number of esters is 1. The molecule has 0 rings (SSSR count). The lowest BCUT2D eigenvalue weighted by atomic mass is 10.3. The van der Waals surface area contributed by atoms with Crippen LogP contribution in [0.25, 0.3) is 0 Å². The van der Waals surface area contributed by atoms with E-state index in [1.807, 2.05) is 0 Å². The maximum absolute atomic E-state index is 10.5. The zero-order valence-corrected chi connectivity index (χ0v) is 8.39. The van der Waals surface area contributed by atoms with E-state index >= 15 is 0 Å². The van der Waals surface area contributed by atoms with Gasteiger partial charge in [-0.05, 0) is 12.8 Å².